The number of carbonyl (C=O) groups excluding carboxylic acids is 1. The number of hydrogen-bond donors (Lipinski definition) is 2. The molecule has 0 spiro atoms. The van der Waals surface area contributed by atoms with Crippen molar-refractivity contribution < 1.29 is 14.5 Å². The zero-order valence-electron chi connectivity index (χ0n) is 10.9. The van der Waals surface area contributed by atoms with Crippen molar-refractivity contribution >= 4 is 34.8 Å². The van der Waals surface area contributed by atoms with E-state index in [1.807, 2.05) is 24.4 Å². The molecule has 0 saturated heterocycles. The van der Waals surface area contributed by atoms with Gasteiger partial charge in [-0.05, 0) is 37.3 Å². The summed E-state index contributed by atoms with van der Waals surface area (Å²) in [6.45, 7) is 2.24. The highest BCUT2D eigenvalue weighted by Gasteiger charge is 2.14. The van der Waals surface area contributed by atoms with E-state index in [0.29, 0.717) is 15.7 Å². The molecule has 1 amide bonds. The quantitative estimate of drug-likeness (QED) is 0.891. The van der Waals surface area contributed by atoms with Crippen LogP contribution in [0.3, 0.4) is 0 Å². The van der Waals surface area contributed by atoms with Gasteiger partial charge >= 0.3 is 0 Å². The van der Waals surface area contributed by atoms with E-state index in [2.05, 4.69) is 5.32 Å². The molecule has 20 heavy (non-hydrogen) atoms. The predicted molar refractivity (Wildman–Crippen MR) is 79.0 cm³/mol. The van der Waals surface area contributed by atoms with E-state index in [1.165, 1.54) is 0 Å². The van der Waals surface area contributed by atoms with Gasteiger partial charge in [-0.3, -0.25) is 4.79 Å². The van der Waals surface area contributed by atoms with Gasteiger partial charge < -0.3 is 15.1 Å². The number of hydrogen-bond acceptors (Lipinski definition) is 2. The van der Waals surface area contributed by atoms with Crippen LogP contribution >= 0.6 is 23.2 Å². The lowest BCUT2D eigenvalue weighted by Crippen LogP contribution is -2.86. The summed E-state index contributed by atoms with van der Waals surface area (Å²) < 4.78 is 5.28. The van der Waals surface area contributed by atoms with Gasteiger partial charge in [-0.1, -0.05) is 23.2 Å². The normalized spacial score (nSPS) is 12.2. The average molecular weight is 314 g/mol. The van der Waals surface area contributed by atoms with E-state index in [4.69, 9.17) is 27.6 Å². The molecule has 0 aliphatic carbocycles. The van der Waals surface area contributed by atoms with E-state index in [-0.39, 0.29) is 18.5 Å². The Kier molecular flexibility index (Phi) is 5.06. The van der Waals surface area contributed by atoms with E-state index in [1.54, 1.807) is 24.5 Å². The minimum atomic E-state index is -0.146. The van der Waals surface area contributed by atoms with Crippen molar-refractivity contribution in [1.82, 2.24) is 0 Å². The van der Waals surface area contributed by atoms with E-state index in [9.17, 15) is 4.79 Å². The Hall–Kier alpha value is -1.49. The van der Waals surface area contributed by atoms with Gasteiger partial charge in [-0.25, -0.2) is 0 Å². The van der Waals surface area contributed by atoms with Crippen LogP contribution < -0.4 is 10.6 Å². The smallest absolute Gasteiger partial charge is 0.279 e. The monoisotopic (exact) mass is 313 g/mol. The molecular weight excluding hydrogens is 299 g/mol. The molecule has 4 nitrogen and oxygen atoms in total. The molecule has 1 atom stereocenters. The number of benzene rings is 1. The fourth-order valence-corrected chi connectivity index (χ4v) is 2.08. The fourth-order valence-electron chi connectivity index (χ4n) is 1.74. The number of nitrogens with two attached hydrogens (primary N) is 1. The first-order valence-electron chi connectivity index (χ1n) is 6.18. The van der Waals surface area contributed by atoms with Crippen molar-refractivity contribution in [2.75, 3.05) is 11.9 Å². The van der Waals surface area contributed by atoms with Crippen LogP contribution in [-0.2, 0) is 4.79 Å². The van der Waals surface area contributed by atoms with Crippen LogP contribution in [0.4, 0.5) is 5.69 Å². The minimum absolute atomic E-state index is 0.0746. The molecule has 2 rings (SSSR count). The molecule has 106 valence electrons. The van der Waals surface area contributed by atoms with Crippen LogP contribution in [0.5, 0.6) is 0 Å². The molecule has 1 aromatic heterocycles. The van der Waals surface area contributed by atoms with Crippen molar-refractivity contribution in [2.45, 2.75) is 13.0 Å². The van der Waals surface area contributed by atoms with E-state index >= 15 is 0 Å². The Balaban J connectivity index is 1.88. The third kappa shape index (κ3) is 4.00. The molecule has 6 heteroatoms. The van der Waals surface area contributed by atoms with Gasteiger partial charge in [0.1, 0.15) is 6.04 Å². The predicted octanol–water partition coefficient (Wildman–Crippen LogP) is 2.85. The first-order chi connectivity index (χ1) is 9.56. The lowest BCUT2D eigenvalue weighted by molar-refractivity contribution is -0.684. The number of rotatable bonds is 5. The zero-order chi connectivity index (χ0) is 14.5. The Morgan fingerprint density at radius 2 is 2.20 bits per heavy atom. The molecule has 0 saturated carbocycles. The first-order valence-corrected chi connectivity index (χ1v) is 6.93. The Morgan fingerprint density at radius 3 is 2.90 bits per heavy atom. The maximum atomic E-state index is 11.9. The number of amides is 1. The second-order valence-corrected chi connectivity index (χ2v) is 5.26. The highest BCUT2D eigenvalue weighted by atomic mass is 35.5. The number of furan rings is 1. The largest absolute Gasteiger partial charge is 0.463 e. The molecule has 1 aromatic carbocycles. The molecule has 0 aliphatic rings. The van der Waals surface area contributed by atoms with Crippen LogP contribution in [0.1, 0.15) is 18.7 Å². The van der Waals surface area contributed by atoms with Gasteiger partial charge in [0.05, 0.1) is 17.0 Å². The van der Waals surface area contributed by atoms with Gasteiger partial charge in [0.25, 0.3) is 5.91 Å². The van der Waals surface area contributed by atoms with Gasteiger partial charge in [0, 0.05) is 5.02 Å². The van der Waals surface area contributed by atoms with Crippen molar-refractivity contribution in [2.24, 2.45) is 0 Å². The summed E-state index contributed by atoms with van der Waals surface area (Å²) in [5.41, 5.74) is 0.517. The minimum Gasteiger partial charge on any atom is -0.463 e. The Bertz CT molecular complexity index is 585. The van der Waals surface area contributed by atoms with E-state index < -0.39 is 0 Å². The molecule has 0 bridgehead atoms. The first kappa shape index (κ1) is 14.9. The van der Waals surface area contributed by atoms with E-state index in [0.717, 1.165) is 5.76 Å². The van der Waals surface area contributed by atoms with Crippen molar-refractivity contribution in [1.29, 1.82) is 0 Å². The number of halogens is 2. The summed E-state index contributed by atoms with van der Waals surface area (Å²) in [4.78, 5) is 11.9. The topological polar surface area (TPSA) is 58.9 Å². The van der Waals surface area contributed by atoms with Gasteiger partial charge in [0.2, 0.25) is 0 Å². The SMILES string of the molecule is C[C@@H]([NH2+]CC(=O)Nc1cc(Cl)ccc1Cl)c1ccco1. The molecule has 2 aromatic rings. The van der Waals surface area contributed by atoms with Gasteiger partial charge in [-0.15, -0.1) is 0 Å². The lowest BCUT2D eigenvalue weighted by Gasteiger charge is -2.09. The summed E-state index contributed by atoms with van der Waals surface area (Å²) in [6, 6.07) is 8.72. The highest BCUT2D eigenvalue weighted by molar-refractivity contribution is 6.35. The fraction of sp³-hybridized carbons (Fsp3) is 0.214. The maximum Gasteiger partial charge on any atom is 0.279 e. The second kappa shape index (κ2) is 6.79. The maximum absolute atomic E-state index is 11.9. The average Bonchev–Trinajstić information content (AvgIpc) is 2.94. The van der Waals surface area contributed by atoms with Crippen LogP contribution in [0, 0.1) is 0 Å². The molecule has 0 unspecified atom stereocenters. The second-order valence-electron chi connectivity index (χ2n) is 4.42. The zero-order valence-corrected chi connectivity index (χ0v) is 12.4. The summed E-state index contributed by atoms with van der Waals surface area (Å²) >= 11 is 11.9. The van der Waals surface area contributed by atoms with Crippen molar-refractivity contribution in [3.05, 3.63) is 52.4 Å². The lowest BCUT2D eigenvalue weighted by atomic mass is 10.2. The molecule has 0 aliphatic heterocycles. The number of nitrogens with one attached hydrogen (secondary N) is 1. The van der Waals surface area contributed by atoms with Gasteiger partial charge in [0.15, 0.2) is 12.3 Å². The molecule has 0 fully saturated rings. The summed E-state index contributed by atoms with van der Waals surface area (Å²) in [5, 5.41) is 5.60. The standard InChI is InChI=1S/C14H14Cl2N2O2/c1-9(13-3-2-6-20-13)17-8-14(19)18-12-7-10(15)4-5-11(12)16/h2-7,9,17H,8H2,1H3,(H,18,19)/p+1/t9-/m1/s1. The summed E-state index contributed by atoms with van der Waals surface area (Å²) in [6.07, 6.45) is 1.62. The van der Waals surface area contributed by atoms with Gasteiger partial charge in [-0.2, -0.15) is 0 Å². The Labute approximate surface area is 127 Å². The summed E-state index contributed by atoms with van der Waals surface area (Å²) in [7, 11) is 0. The number of anilines is 1. The number of carbonyl (C=O) groups is 1. The third-order valence-electron chi connectivity index (χ3n) is 2.85. The molecule has 1 heterocycles. The highest BCUT2D eigenvalue weighted by Crippen LogP contribution is 2.25. The Morgan fingerprint density at radius 1 is 1.40 bits per heavy atom. The van der Waals surface area contributed by atoms with Crippen LogP contribution in [0.25, 0.3) is 0 Å². The molecule has 3 N–H and O–H groups in total. The van der Waals surface area contributed by atoms with Crippen molar-refractivity contribution in [3.8, 4) is 0 Å². The summed E-state index contributed by atoms with van der Waals surface area (Å²) in [5.74, 6) is 0.686. The third-order valence-corrected chi connectivity index (χ3v) is 3.42. The number of quaternary nitrogens is 1. The van der Waals surface area contributed by atoms with Crippen molar-refractivity contribution in [3.63, 3.8) is 0 Å². The van der Waals surface area contributed by atoms with Crippen LogP contribution in [0.2, 0.25) is 10.0 Å². The molecule has 0 radical (unpaired) electrons. The van der Waals surface area contributed by atoms with Crippen LogP contribution in [-0.4, -0.2) is 12.5 Å². The van der Waals surface area contributed by atoms with Crippen LogP contribution in [0.15, 0.2) is 41.0 Å². The molecular formula is C14H15Cl2N2O2+.